The van der Waals surface area contributed by atoms with Crippen molar-refractivity contribution in [3.8, 4) is 0 Å². The van der Waals surface area contributed by atoms with E-state index in [1.807, 2.05) is 0 Å². The highest BCUT2D eigenvalue weighted by Gasteiger charge is 2.08. The number of para-hydroxylation sites is 1. The fraction of sp³-hybridized carbons (Fsp3) is 0.500. The van der Waals surface area contributed by atoms with Crippen molar-refractivity contribution in [2.24, 2.45) is 12.8 Å². The first-order valence-electron chi connectivity index (χ1n) is 7.05. The van der Waals surface area contributed by atoms with Crippen molar-refractivity contribution in [2.75, 3.05) is 13.6 Å². The Kier molecular flexibility index (Phi) is 4.61. The van der Waals surface area contributed by atoms with Gasteiger partial charge in [-0.3, -0.25) is 0 Å². The number of nitrogens with zero attached hydrogens (tertiary/aromatic N) is 2. The molecule has 2 rings (SSSR count). The van der Waals surface area contributed by atoms with Gasteiger partial charge in [0.15, 0.2) is 0 Å². The summed E-state index contributed by atoms with van der Waals surface area (Å²) in [7, 11) is 4.30. The molecule has 0 aliphatic heterocycles. The molecule has 1 aromatic heterocycles. The zero-order valence-electron chi connectivity index (χ0n) is 12.3. The van der Waals surface area contributed by atoms with E-state index in [4.69, 9.17) is 5.73 Å². The molecule has 1 unspecified atom stereocenters. The number of hydrogen-bond donors (Lipinski definition) is 1. The molecule has 0 aliphatic carbocycles. The number of aromatic nitrogens is 1. The molecular weight excluding hydrogens is 234 g/mol. The zero-order valence-corrected chi connectivity index (χ0v) is 12.3. The van der Waals surface area contributed by atoms with Crippen LogP contribution in [0.25, 0.3) is 10.9 Å². The number of aryl methyl sites for hydroxylation is 1. The molecule has 0 spiro atoms. The van der Waals surface area contributed by atoms with Crippen LogP contribution in [-0.2, 0) is 13.6 Å². The molecule has 104 valence electrons. The molecule has 0 saturated carbocycles. The van der Waals surface area contributed by atoms with Gasteiger partial charge in [-0.15, -0.1) is 0 Å². The molecule has 0 radical (unpaired) electrons. The maximum Gasteiger partial charge on any atom is 0.0481 e. The topological polar surface area (TPSA) is 34.2 Å². The van der Waals surface area contributed by atoms with Crippen LogP contribution in [-0.4, -0.2) is 29.1 Å². The van der Waals surface area contributed by atoms with E-state index in [1.54, 1.807) is 0 Å². The molecule has 0 bridgehead atoms. The van der Waals surface area contributed by atoms with Gasteiger partial charge in [-0.25, -0.2) is 0 Å². The lowest BCUT2D eigenvalue weighted by Gasteiger charge is -2.16. The summed E-state index contributed by atoms with van der Waals surface area (Å²) in [5, 5.41) is 1.36. The highest BCUT2D eigenvalue weighted by Crippen LogP contribution is 2.21. The van der Waals surface area contributed by atoms with Crippen LogP contribution in [0.1, 0.15) is 25.3 Å². The van der Waals surface area contributed by atoms with E-state index in [-0.39, 0.29) is 0 Å². The average molecular weight is 259 g/mol. The highest BCUT2D eigenvalue weighted by atomic mass is 15.1. The zero-order chi connectivity index (χ0) is 13.8. The van der Waals surface area contributed by atoms with Crippen molar-refractivity contribution >= 4 is 10.9 Å². The minimum absolute atomic E-state index is 0.311. The molecule has 2 aromatic rings. The number of benzene rings is 1. The third kappa shape index (κ3) is 3.58. The molecule has 3 heteroatoms. The molecule has 0 saturated heterocycles. The first-order valence-corrected chi connectivity index (χ1v) is 7.05. The third-order valence-electron chi connectivity index (χ3n) is 3.62. The summed E-state index contributed by atoms with van der Waals surface area (Å²) in [4.78, 5) is 2.38. The second-order valence-corrected chi connectivity index (χ2v) is 5.64. The second kappa shape index (κ2) is 6.22. The number of nitrogens with two attached hydrogens (primary N) is 1. The van der Waals surface area contributed by atoms with Gasteiger partial charge in [0, 0.05) is 36.7 Å². The molecule has 1 heterocycles. The van der Waals surface area contributed by atoms with Gasteiger partial charge in [-0.1, -0.05) is 18.2 Å². The van der Waals surface area contributed by atoms with Gasteiger partial charge >= 0.3 is 0 Å². The fourth-order valence-electron chi connectivity index (χ4n) is 2.60. The minimum Gasteiger partial charge on any atom is -0.350 e. The van der Waals surface area contributed by atoms with Crippen LogP contribution in [0.4, 0.5) is 0 Å². The van der Waals surface area contributed by atoms with Gasteiger partial charge < -0.3 is 15.2 Å². The average Bonchev–Trinajstić information content (AvgIpc) is 2.66. The lowest BCUT2D eigenvalue weighted by Crippen LogP contribution is -2.22. The predicted molar refractivity (Wildman–Crippen MR) is 82.1 cm³/mol. The predicted octanol–water partition coefficient (Wildman–Crippen LogP) is 2.74. The van der Waals surface area contributed by atoms with E-state index in [2.05, 4.69) is 60.9 Å². The maximum atomic E-state index is 5.79. The quantitative estimate of drug-likeness (QED) is 0.865. The van der Waals surface area contributed by atoms with Crippen molar-refractivity contribution in [3.63, 3.8) is 0 Å². The third-order valence-corrected chi connectivity index (χ3v) is 3.62. The standard InChI is InChI=1S/C16H25N3/c1-13(17)7-6-10-18(2)11-14-12-19(3)16-9-5-4-8-15(14)16/h4-5,8-9,12-13H,6-7,10-11,17H2,1-3H3. The number of hydrogen-bond acceptors (Lipinski definition) is 2. The fourth-order valence-corrected chi connectivity index (χ4v) is 2.60. The SMILES string of the molecule is CC(N)CCCN(C)Cc1cn(C)c2ccccc12. The van der Waals surface area contributed by atoms with Crippen molar-refractivity contribution in [2.45, 2.75) is 32.4 Å². The van der Waals surface area contributed by atoms with Gasteiger partial charge in [-0.05, 0) is 45.0 Å². The van der Waals surface area contributed by atoms with E-state index in [0.29, 0.717) is 6.04 Å². The Labute approximate surface area is 116 Å². The van der Waals surface area contributed by atoms with Gasteiger partial charge in [0.05, 0.1) is 0 Å². The van der Waals surface area contributed by atoms with Gasteiger partial charge in [0.25, 0.3) is 0 Å². The molecule has 19 heavy (non-hydrogen) atoms. The Bertz CT molecular complexity index is 528. The summed E-state index contributed by atoms with van der Waals surface area (Å²) in [5.74, 6) is 0. The van der Waals surface area contributed by atoms with E-state index < -0.39 is 0 Å². The Hall–Kier alpha value is -1.32. The molecule has 0 amide bonds. The molecule has 2 N–H and O–H groups in total. The Morgan fingerprint density at radius 3 is 2.79 bits per heavy atom. The molecule has 3 nitrogen and oxygen atoms in total. The largest absolute Gasteiger partial charge is 0.350 e. The molecule has 1 atom stereocenters. The smallest absolute Gasteiger partial charge is 0.0481 e. The molecule has 1 aromatic carbocycles. The van der Waals surface area contributed by atoms with Gasteiger partial charge in [0.1, 0.15) is 0 Å². The van der Waals surface area contributed by atoms with Crippen molar-refractivity contribution in [3.05, 3.63) is 36.0 Å². The van der Waals surface area contributed by atoms with E-state index >= 15 is 0 Å². The van der Waals surface area contributed by atoms with Crippen LogP contribution >= 0.6 is 0 Å². The van der Waals surface area contributed by atoms with E-state index in [9.17, 15) is 0 Å². The first kappa shape index (κ1) is 14.1. The number of rotatable bonds is 6. The van der Waals surface area contributed by atoms with Crippen LogP contribution in [0.15, 0.2) is 30.5 Å². The summed E-state index contributed by atoms with van der Waals surface area (Å²) < 4.78 is 2.21. The lowest BCUT2D eigenvalue weighted by molar-refractivity contribution is 0.316. The van der Waals surface area contributed by atoms with E-state index in [1.165, 1.54) is 22.9 Å². The summed E-state index contributed by atoms with van der Waals surface area (Å²) in [6.45, 7) is 4.18. The van der Waals surface area contributed by atoms with Crippen LogP contribution in [0.5, 0.6) is 0 Å². The van der Waals surface area contributed by atoms with E-state index in [0.717, 1.165) is 19.5 Å². The second-order valence-electron chi connectivity index (χ2n) is 5.64. The van der Waals surface area contributed by atoms with Crippen LogP contribution in [0.3, 0.4) is 0 Å². The Morgan fingerprint density at radius 2 is 2.05 bits per heavy atom. The minimum atomic E-state index is 0.311. The molecule has 0 aliphatic rings. The molecular formula is C16H25N3. The van der Waals surface area contributed by atoms with Crippen molar-refractivity contribution in [1.82, 2.24) is 9.47 Å². The van der Waals surface area contributed by atoms with Crippen molar-refractivity contribution < 1.29 is 0 Å². The monoisotopic (exact) mass is 259 g/mol. The summed E-state index contributed by atoms with van der Waals surface area (Å²) in [6.07, 6.45) is 4.51. The van der Waals surface area contributed by atoms with Gasteiger partial charge in [-0.2, -0.15) is 0 Å². The normalized spacial score (nSPS) is 13.3. The maximum absolute atomic E-state index is 5.79. The summed E-state index contributed by atoms with van der Waals surface area (Å²) in [6, 6.07) is 8.90. The van der Waals surface area contributed by atoms with Crippen LogP contribution in [0.2, 0.25) is 0 Å². The Morgan fingerprint density at radius 1 is 1.32 bits per heavy atom. The number of fused-ring (bicyclic) bond motifs is 1. The lowest BCUT2D eigenvalue weighted by atomic mass is 10.1. The highest BCUT2D eigenvalue weighted by molar-refractivity contribution is 5.83. The van der Waals surface area contributed by atoms with Crippen LogP contribution in [0, 0.1) is 0 Å². The van der Waals surface area contributed by atoms with Gasteiger partial charge in [0.2, 0.25) is 0 Å². The van der Waals surface area contributed by atoms with Crippen LogP contribution < -0.4 is 5.73 Å². The summed E-state index contributed by atoms with van der Waals surface area (Å²) >= 11 is 0. The summed E-state index contributed by atoms with van der Waals surface area (Å²) in [5.41, 5.74) is 8.50. The van der Waals surface area contributed by atoms with Crippen molar-refractivity contribution in [1.29, 1.82) is 0 Å². The first-order chi connectivity index (χ1) is 9.08. The Balaban J connectivity index is 2.01. The molecule has 0 fully saturated rings.